The molecule has 1 saturated carbocycles. The second kappa shape index (κ2) is 8.22. The number of aromatic nitrogens is 2. The fourth-order valence-corrected chi connectivity index (χ4v) is 6.57. The van der Waals surface area contributed by atoms with Gasteiger partial charge >= 0.3 is 0 Å². The summed E-state index contributed by atoms with van der Waals surface area (Å²) in [5, 5.41) is 3.06. The van der Waals surface area contributed by atoms with Crippen LogP contribution in [-0.2, 0) is 16.6 Å². The number of hydrogen-bond donors (Lipinski definition) is 3. The van der Waals surface area contributed by atoms with Gasteiger partial charge in [0.05, 0.1) is 11.1 Å². The van der Waals surface area contributed by atoms with Gasteiger partial charge < -0.3 is 10.2 Å². The van der Waals surface area contributed by atoms with Crippen LogP contribution in [0, 0.1) is 11.7 Å². The first-order valence-electron chi connectivity index (χ1n) is 11.0. The lowest BCUT2D eigenvalue weighted by atomic mass is 9.81. The van der Waals surface area contributed by atoms with Crippen LogP contribution in [0.15, 0.2) is 29.3 Å². The maximum absolute atomic E-state index is 14.9. The molecule has 0 radical (unpaired) electrons. The van der Waals surface area contributed by atoms with E-state index in [0.29, 0.717) is 30.7 Å². The molecule has 172 valence electrons. The summed E-state index contributed by atoms with van der Waals surface area (Å²) < 4.78 is 41.1. The van der Waals surface area contributed by atoms with Crippen LogP contribution in [0.1, 0.15) is 31.7 Å². The van der Waals surface area contributed by atoms with Gasteiger partial charge in [0.2, 0.25) is 16.0 Å². The van der Waals surface area contributed by atoms with E-state index >= 15 is 0 Å². The smallest absolute Gasteiger partial charge is 0.243 e. The molecule has 1 aromatic heterocycles. The minimum atomic E-state index is -3.48. The highest BCUT2D eigenvalue weighted by molar-refractivity contribution is 7.89. The third kappa shape index (κ3) is 3.62. The van der Waals surface area contributed by atoms with Gasteiger partial charge in [0.1, 0.15) is 0 Å². The van der Waals surface area contributed by atoms with E-state index in [4.69, 9.17) is 0 Å². The van der Waals surface area contributed by atoms with Crippen molar-refractivity contribution in [2.24, 2.45) is 5.92 Å². The van der Waals surface area contributed by atoms with Crippen molar-refractivity contribution in [1.82, 2.24) is 25.1 Å². The van der Waals surface area contributed by atoms with Crippen LogP contribution in [-0.4, -0.2) is 54.9 Å². The highest BCUT2D eigenvalue weighted by Crippen LogP contribution is 2.35. The zero-order valence-electron chi connectivity index (χ0n) is 18.2. The number of anilines is 3. The largest absolute Gasteiger partial charge is 0.351 e. The molecule has 1 saturated heterocycles. The van der Waals surface area contributed by atoms with E-state index in [1.807, 2.05) is 11.8 Å². The van der Waals surface area contributed by atoms with Crippen LogP contribution in [0.3, 0.4) is 0 Å². The molecule has 3 heterocycles. The summed E-state index contributed by atoms with van der Waals surface area (Å²) >= 11 is 0. The van der Waals surface area contributed by atoms with E-state index < -0.39 is 15.8 Å². The molecule has 32 heavy (non-hydrogen) atoms. The number of nitrogens with zero attached hydrogens (tertiary/aromatic N) is 4. The lowest BCUT2D eigenvalue weighted by Crippen LogP contribution is -2.49. The quantitative estimate of drug-likeness (QED) is 0.621. The summed E-state index contributed by atoms with van der Waals surface area (Å²) in [4.78, 5) is 10.9. The topological polar surface area (TPSA) is 102 Å². The molecule has 2 fully saturated rings. The average molecular weight is 462 g/mol. The predicted octanol–water partition coefficient (Wildman–Crippen LogP) is 1.96. The minimum absolute atomic E-state index is 0.180. The predicted molar refractivity (Wildman–Crippen MR) is 119 cm³/mol. The molecule has 3 unspecified atom stereocenters. The Labute approximate surface area is 187 Å². The Hall–Kier alpha value is -2.34. The number of sulfonamides is 1. The molecule has 5 rings (SSSR count). The van der Waals surface area contributed by atoms with Gasteiger partial charge in [0.15, 0.2) is 11.6 Å². The van der Waals surface area contributed by atoms with Crippen molar-refractivity contribution >= 4 is 27.5 Å². The Kier molecular flexibility index (Phi) is 5.52. The molecule has 11 heteroatoms. The van der Waals surface area contributed by atoms with Crippen LogP contribution in [0.25, 0.3) is 0 Å². The summed E-state index contributed by atoms with van der Waals surface area (Å²) in [6.07, 6.45) is 4.35. The van der Waals surface area contributed by atoms with Gasteiger partial charge in [-0.3, -0.25) is 10.9 Å². The zero-order chi connectivity index (χ0) is 22.5. The molecule has 2 aromatic rings. The van der Waals surface area contributed by atoms with E-state index in [-0.39, 0.29) is 22.7 Å². The summed E-state index contributed by atoms with van der Waals surface area (Å²) in [5.74, 6) is 0.430. The number of fused-ring (bicyclic) bond motifs is 2. The Bertz CT molecular complexity index is 1130. The van der Waals surface area contributed by atoms with Crippen molar-refractivity contribution in [2.75, 3.05) is 30.4 Å². The van der Waals surface area contributed by atoms with Crippen LogP contribution in [0.5, 0.6) is 0 Å². The fourth-order valence-electron chi connectivity index (χ4n) is 5.18. The number of halogens is 1. The first-order valence-corrected chi connectivity index (χ1v) is 12.5. The Morgan fingerprint density at radius 2 is 2.19 bits per heavy atom. The van der Waals surface area contributed by atoms with Gasteiger partial charge in [-0.25, -0.2) is 17.8 Å². The molecule has 0 spiro atoms. The second-order valence-corrected chi connectivity index (χ2v) is 10.7. The molecule has 1 aliphatic carbocycles. The van der Waals surface area contributed by atoms with Gasteiger partial charge in [-0.05, 0) is 43.9 Å². The molecule has 0 amide bonds. The number of hydrazine groups is 1. The number of hydrogen-bond acceptors (Lipinski definition) is 8. The first kappa shape index (κ1) is 21.5. The van der Waals surface area contributed by atoms with E-state index in [2.05, 4.69) is 26.1 Å². The van der Waals surface area contributed by atoms with Crippen LogP contribution in [0.2, 0.25) is 0 Å². The lowest BCUT2D eigenvalue weighted by molar-refractivity contribution is 0.278. The van der Waals surface area contributed by atoms with Crippen molar-refractivity contribution in [2.45, 2.75) is 49.7 Å². The van der Waals surface area contributed by atoms with Crippen molar-refractivity contribution in [3.63, 3.8) is 0 Å². The lowest BCUT2D eigenvalue weighted by Gasteiger charge is -2.40. The standard InChI is InChI=1S/C21H28FN7O2S/c1-3-29(18-6-4-5-17-15(18)10-24-27-17)20-16(22)11-23-21(26-20)25-14-8-7-13-12-28(2)32(30,31)19(13)9-14/h7-9,11,15,17-18,24,27H,3-6,10,12H2,1-2H3,(H,23,25,26). The summed E-state index contributed by atoms with van der Waals surface area (Å²) in [6, 6.07) is 5.72. The van der Waals surface area contributed by atoms with Crippen LogP contribution in [0.4, 0.5) is 21.8 Å². The maximum atomic E-state index is 14.9. The SMILES string of the molecule is CCN(c1nc(Nc2ccc3c(c2)S(=O)(=O)N(C)C3)ncc1F)C1CCCC2NNCC21. The van der Waals surface area contributed by atoms with E-state index in [1.54, 1.807) is 25.2 Å². The van der Waals surface area contributed by atoms with E-state index in [9.17, 15) is 12.8 Å². The van der Waals surface area contributed by atoms with E-state index in [1.165, 1.54) is 10.5 Å². The second-order valence-electron chi connectivity index (χ2n) is 8.65. The average Bonchev–Trinajstić information content (AvgIpc) is 3.34. The third-order valence-corrected chi connectivity index (χ3v) is 8.68. The molecule has 3 N–H and O–H groups in total. The molecule has 2 aliphatic heterocycles. The summed E-state index contributed by atoms with van der Waals surface area (Å²) in [7, 11) is -1.92. The third-order valence-electron chi connectivity index (χ3n) is 6.79. The molecular weight excluding hydrogens is 433 g/mol. The summed E-state index contributed by atoms with van der Waals surface area (Å²) in [5.41, 5.74) is 7.88. The minimum Gasteiger partial charge on any atom is -0.351 e. The Balaban J connectivity index is 1.43. The number of rotatable bonds is 5. The van der Waals surface area contributed by atoms with Gasteiger partial charge in [-0.1, -0.05) is 6.07 Å². The fraction of sp³-hybridized carbons (Fsp3) is 0.524. The van der Waals surface area contributed by atoms with Gasteiger partial charge in [-0.2, -0.15) is 9.29 Å². The monoisotopic (exact) mass is 461 g/mol. The van der Waals surface area contributed by atoms with Crippen LogP contribution >= 0.6 is 0 Å². The molecule has 3 atom stereocenters. The Morgan fingerprint density at radius 1 is 1.34 bits per heavy atom. The molecular formula is C21H28FN7O2S. The molecule has 0 bridgehead atoms. The van der Waals surface area contributed by atoms with Crippen LogP contribution < -0.4 is 21.1 Å². The van der Waals surface area contributed by atoms with Crippen molar-refractivity contribution < 1.29 is 12.8 Å². The molecule has 9 nitrogen and oxygen atoms in total. The first-order chi connectivity index (χ1) is 15.4. The van der Waals surface area contributed by atoms with Crippen molar-refractivity contribution in [3.8, 4) is 0 Å². The van der Waals surface area contributed by atoms with Gasteiger partial charge in [0, 0.05) is 50.4 Å². The van der Waals surface area contributed by atoms with Gasteiger partial charge in [0.25, 0.3) is 0 Å². The van der Waals surface area contributed by atoms with Crippen molar-refractivity contribution in [3.05, 3.63) is 35.8 Å². The molecule has 3 aliphatic rings. The highest BCUT2D eigenvalue weighted by Gasteiger charge is 2.40. The molecule has 1 aromatic carbocycles. The normalized spacial score (nSPS) is 26.5. The summed E-state index contributed by atoms with van der Waals surface area (Å²) in [6.45, 7) is 3.84. The maximum Gasteiger partial charge on any atom is 0.243 e. The zero-order valence-corrected chi connectivity index (χ0v) is 19.0. The highest BCUT2D eigenvalue weighted by atomic mass is 32.2. The van der Waals surface area contributed by atoms with Gasteiger partial charge in [-0.15, -0.1) is 0 Å². The Morgan fingerprint density at radius 3 is 3.00 bits per heavy atom. The number of nitrogens with one attached hydrogen (secondary N) is 3. The van der Waals surface area contributed by atoms with E-state index in [0.717, 1.165) is 31.4 Å². The number of benzene rings is 1. The van der Waals surface area contributed by atoms with Crippen molar-refractivity contribution in [1.29, 1.82) is 0 Å².